The van der Waals surface area contributed by atoms with Crippen molar-refractivity contribution in [3.05, 3.63) is 0 Å². The molecule has 0 aliphatic rings. The molecule has 6 heavy (non-hydrogen) atoms. The van der Waals surface area contributed by atoms with Crippen LogP contribution in [0.3, 0.4) is 0 Å². The van der Waals surface area contributed by atoms with Gasteiger partial charge in [-0.3, -0.25) is 0 Å². The van der Waals surface area contributed by atoms with E-state index in [1.54, 1.807) is 0 Å². The Hall–Kier alpha value is 0.400. The zero-order valence-electron chi connectivity index (χ0n) is 3.74. The molecule has 0 aliphatic carbocycles. The average Bonchev–Trinajstić information content (AvgIpc) is 1.65. The van der Waals surface area contributed by atoms with Crippen LogP contribution in [0.15, 0.2) is 0 Å². The van der Waals surface area contributed by atoms with E-state index in [0.29, 0.717) is 3.92 Å². The molecule has 0 heterocycles. The van der Waals surface area contributed by atoms with Crippen LogP contribution < -0.4 is 0 Å². The summed E-state index contributed by atoms with van der Waals surface area (Å²) in [7, 11) is 0. The summed E-state index contributed by atoms with van der Waals surface area (Å²) in [5, 5.41) is 6.68. The molecule has 0 saturated carbocycles. The fourth-order valence-corrected chi connectivity index (χ4v) is 0.118. The maximum atomic E-state index is 6.68. The fraction of sp³-hybridized carbons (Fsp3) is 0.750. The molecule has 0 radical (unpaired) electrons. The second-order valence-electron chi connectivity index (χ2n) is 1.09. The number of hydrogen-bond acceptors (Lipinski definition) is 1. The van der Waals surface area contributed by atoms with Crippen LogP contribution in [0.1, 0.15) is 13.3 Å². The summed E-state index contributed by atoms with van der Waals surface area (Å²) in [4.78, 5) is 0. The molecule has 1 nitrogen and oxygen atoms in total. The largest absolute Gasteiger partial charge is 0.312 e. The highest BCUT2D eigenvalue weighted by atomic mass is 127. The quantitative estimate of drug-likeness (QED) is 0.396. The van der Waals surface area contributed by atoms with E-state index in [1.807, 2.05) is 0 Å². The van der Waals surface area contributed by atoms with Gasteiger partial charge in [-0.15, -0.1) is 0 Å². The lowest BCUT2D eigenvalue weighted by molar-refractivity contribution is 1.05. The van der Waals surface area contributed by atoms with Crippen LogP contribution in [0.5, 0.6) is 0 Å². The smallest absolute Gasteiger partial charge is 0.0453 e. The lowest BCUT2D eigenvalue weighted by Gasteiger charge is -1.90. The SMILES string of the molecule is CC[C@@H](I)C=N. The second kappa shape index (κ2) is 3.59. The third-order valence-corrected chi connectivity index (χ3v) is 1.81. The first kappa shape index (κ1) is 6.40. The van der Waals surface area contributed by atoms with Crippen LogP contribution in [0.2, 0.25) is 0 Å². The van der Waals surface area contributed by atoms with Crippen molar-refractivity contribution in [1.29, 1.82) is 5.41 Å². The molecule has 0 amide bonds. The van der Waals surface area contributed by atoms with E-state index in [9.17, 15) is 0 Å². The van der Waals surface area contributed by atoms with Gasteiger partial charge in [0.15, 0.2) is 0 Å². The highest BCUT2D eigenvalue weighted by molar-refractivity contribution is 14.1. The van der Waals surface area contributed by atoms with Crippen LogP contribution >= 0.6 is 22.6 Å². The summed E-state index contributed by atoms with van der Waals surface area (Å²) in [6, 6.07) is 0. The first-order chi connectivity index (χ1) is 2.81. The average molecular weight is 197 g/mol. The van der Waals surface area contributed by atoms with Crippen molar-refractivity contribution in [2.45, 2.75) is 17.3 Å². The lowest BCUT2D eigenvalue weighted by Crippen LogP contribution is -1.92. The molecule has 0 saturated heterocycles. The Morgan fingerprint density at radius 1 is 2.00 bits per heavy atom. The Morgan fingerprint density at radius 3 is 2.50 bits per heavy atom. The topological polar surface area (TPSA) is 23.9 Å². The van der Waals surface area contributed by atoms with Crippen LogP contribution in [0.25, 0.3) is 0 Å². The number of alkyl halides is 1. The van der Waals surface area contributed by atoms with Gasteiger partial charge >= 0.3 is 0 Å². The van der Waals surface area contributed by atoms with Crippen molar-refractivity contribution in [2.75, 3.05) is 0 Å². The van der Waals surface area contributed by atoms with Gasteiger partial charge in [-0.2, -0.15) is 0 Å². The van der Waals surface area contributed by atoms with Crippen molar-refractivity contribution in [2.24, 2.45) is 0 Å². The van der Waals surface area contributed by atoms with Crippen molar-refractivity contribution in [3.63, 3.8) is 0 Å². The van der Waals surface area contributed by atoms with Gasteiger partial charge in [-0.25, -0.2) is 0 Å². The van der Waals surface area contributed by atoms with Gasteiger partial charge < -0.3 is 5.41 Å². The molecule has 0 aliphatic heterocycles. The summed E-state index contributed by atoms with van der Waals surface area (Å²) in [5.74, 6) is 0. The molecule has 0 spiro atoms. The number of hydrogen-bond donors (Lipinski definition) is 1. The molecule has 0 unspecified atom stereocenters. The van der Waals surface area contributed by atoms with E-state index in [4.69, 9.17) is 5.41 Å². The van der Waals surface area contributed by atoms with Crippen molar-refractivity contribution in [3.8, 4) is 0 Å². The molecule has 0 fully saturated rings. The summed E-state index contributed by atoms with van der Waals surface area (Å²) in [5.41, 5.74) is 0. The molecule has 0 bridgehead atoms. The molecule has 0 rings (SSSR count). The Labute approximate surface area is 51.8 Å². The lowest BCUT2D eigenvalue weighted by atomic mass is 10.4. The molecular weight excluding hydrogens is 189 g/mol. The molecule has 1 N–H and O–H groups in total. The van der Waals surface area contributed by atoms with Crippen molar-refractivity contribution < 1.29 is 0 Å². The van der Waals surface area contributed by atoms with E-state index < -0.39 is 0 Å². The Bertz CT molecular complexity index is 44.8. The highest BCUT2D eigenvalue weighted by Crippen LogP contribution is 1.98. The van der Waals surface area contributed by atoms with E-state index in [1.165, 1.54) is 6.21 Å². The molecule has 0 aromatic carbocycles. The van der Waals surface area contributed by atoms with E-state index >= 15 is 0 Å². The zero-order chi connectivity index (χ0) is 4.99. The van der Waals surface area contributed by atoms with E-state index in [2.05, 4.69) is 29.5 Å². The maximum Gasteiger partial charge on any atom is 0.0453 e. The van der Waals surface area contributed by atoms with Gasteiger partial charge in [0.05, 0.1) is 0 Å². The minimum atomic E-state index is 0.447. The molecule has 1 atom stereocenters. The number of halogens is 1. The monoisotopic (exact) mass is 197 g/mol. The molecular formula is C4H8IN. The summed E-state index contributed by atoms with van der Waals surface area (Å²) < 4.78 is 0.447. The predicted octanol–water partition coefficient (Wildman–Crippen LogP) is 1.85. The fourth-order valence-electron chi connectivity index (χ4n) is 0.118. The van der Waals surface area contributed by atoms with Gasteiger partial charge in [0, 0.05) is 10.1 Å². The first-order valence-corrected chi connectivity index (χ1v) is 3.20. The minimum absolute atomic E-state index is 0.447. The minimum Gasteiger partial charge on any atom is -0.312 e. The summed E-state index contributed by atoms with van der Waals surface area (Å²) in [6.45, 7) is 2.07. The van der Waals surface area contributed by atoms with Crippen LogP contribution in [-0.2, 0) is 0 Å². The first-order valence-electron chi connectivity index (χ1n) is 1.96. The van der Waals surface area contributed by atoms with Gasteiger partial charge in [0.1, 0.15) is 0 Å². The van der Waals surface area contributed by atoms with Crippen LogP contribution in [0, 0.1) is 5.41 Å². The van der Waals surface area contributed by atoms with Crippen LogP contribution in [-0.4, -0.2) is 10.1 Å². The van der Waals surface area contributed by atoms with Gasteiger partial charge in [-0.1, -0.05) is 29.5 Å². The van der Waals surface area contributed by atoms with Crippen LogP contribution in [0.4, 0.5) is 0 Å². The normalized spacial score (nSPS) is 13.7. The van der Waals surface area contributed by atoms with Crippen molar-refractivity contribution in [1.82, 2.24) is 0 Å². The van der Waals surface area contributed by atoms with Gasteiger partial charge in [0.25, 0.3) is 0 Å². The van der Waals surface area contributed by atoms with Crippen molar-refractivity contribution >= 4 is 28.8 Å². The second-order valence-corrected chi connectivity index (χ2v) is 2.69. The molecule has 36 valence electrons. The van der Waals surface area contributed by atoms with E-state index in [-0.39, 0.29) is 0 Å². The third-order valence-electron chi connectivity index (χ3n) is 0.571. The predicted molar refractivity (Wildman–Crippen MR) is 36.9 cm³/mol. The summed E-state index contributed by atoms with van der Waals surface area (Å²) >= 11 is 2.23. The molecule has 0 aromatic rings. The summed E-state index contributed by atoms with van der Waals surface area (Å²) in [6.07, 6.45) is 2.53. The Balaban J connectivity index is 2.96. The van der Waals surface area contributed by atoms with Gasteiger partial charge in [-0.05, 0) is 6.42 Å². The Morgan fingerprint density at radius 2 is 2.50 bits per heavy atom. The standard InChI is InChI=1S/C4H8IN/c1-2-4(5)3-6/h3-4,6H,2H2,1H3/t4-/m1/s1. The van der Waals surface area contributed by atoms with E-state index in [0.717, 1.165) is 6.42 Å². The Kier molecular flexibility index (Phi) is 3.82. The highest BCUT2D eigenvalue weighted by Gasteiger charge is 1.88. The zero-order valence-corrected chi connectivity index (χ0v) is 5.90. The molecule has 2 heteroatoms. The third kappa shape index (κ3) is 2.63. The van der Waals surface area contributed by atoms with Gasteiger partial charge in [0.2, 0.25) is 0 Å². The molecule has 0 aromatic heterocycles. The maximum absolute atomic E-state index is 6.68. The number of rotatable bonds is 2. The number of nitrogens with one attached hydrogen (secondary N) is 1.